The van der Waals surface area contributed by atoms with E-state index < -0.39 is 11.1 Å². The highest BCUT2D eigenvalue weighted by atomic mass is 32.1. The van der Waals surface area contributed by atoms with Gasteiger partial charge < -0.3 is 9.47 Å². The fraction of sp³-hybridized carbons (Fsp3) is 0.0833. The highest BCUT2D eigenvalue weighted by molar-refractivity contribution is 7.07. The zero-order chi connectivity index (χ0) is 13.7. The van der Waals surface area contributed by atoms with E-state index in [2.05, 4.69) is 0 Å². The van der Waals surface area contributed by atoms with Gasteiger partial charge in [0.25, 0.3) is 5.69 Å². The standard InChI is InChI=1S/C12H9NO5S/c14-12(17-7-9-5-6-19-8-9)18-11-3-1-10(2-4-11)13(15)16/h1-6,8H,7H2. The van der Waals surface area contributed by atoms with E-state index in [1.165, 1.54) is 35.6 Å². The second-order valence-corrected chi connectivity index (χ2v) is 4.30. The van der Waals surface area contributed by atoms with Gasteiger partial charge in [-0.05, 0) is 29.0 Å². The Balaban J connectivity index is 1.86. The summed E-state index contributed by atoms with van der Waals surface area (Å²) in [6, 6.07) is 7.01. The zero-order valence-electron chi connectivity index (χ0n) is 9.65. The van der Waals surface area contributed by atoms with Crippen molar-refractivity contribution in [1.82, 2.24) is 0 Å². The maximum atomic E-state index is 11.4. The van der Waals surface area contributed by atoms with Gasteiger partial charge >= 0.3 is 6.16 Å². The minimum absolute atomic E-state index is 0.0704. The Kier molecular flexibility index (Phi) is 4.09. The van der Waals surface area contributed by atoms with Gasteiger partial charge in [-0.1, -0.05) is 0 Å². The van der Waals surface area contributed by atoms with Gasteiger partial charge in [-0.3, -0.25) is 10.1 Å². The summed E-state index contributed by atoms with van der Waals surface area (Å²) in [5, 5.41) is 14.2. The van der Waals surface area contributed by atoms with Crippen molar-refractivity contribution in [3.8, 4) is 5.75 Å². The first kappa shape index (κ1) is 13.0. The Morgan fingerprint density at radius 1 is 1.26 bits per heavy atom. The number of non-ortho nitro benzene ring substituents is 1. The van der Waals surface area contributed by atoms with Crippen molar-refractivity contribution in [3.05, 3.63) is 56.8 Å². The van der Waals surface area contributed by atoms with Crippen molar-refractivity contribution in [2.45, 2.75) is 6.61 Å². The molecular formula is C12H9NO5S. The molecule has 0 saturated heterocycles. The molecule has 1 aromatic heterocycles. The Morgan fingerprint density at radius 2 is 2.00 bits per heavy atom. The molecular weight excluding hydrogens is 270 g/mol. The van der Waals surface area contributed by atoms with Crippen LogP contribution in [0.5, 0.6) is 5.75 Å². The van der Waals surface area contributed by atoms with E-state index in [0.29, 0.717) is 0 Å². The number of carbonyl (C=O) groups is 1. The third-order valence-corrected chi connectivity index (χ3v) is 2.92. The van der Waals surface area contributed by atoms with Gasteiger partial charge in [-0.15, -0.1) is 0 Å². The quantitative estimate of drug-likeness (QED) is 0.371. The minimum atomic E-state index is -0.847. The molecule has 6 nitrogen and oxygen atoms in total. The van der Waals surface area contributed by atoms with Crippen molar-refractivity contribution in [2.24, 2.45) is 0 Å². The highest BCUT2D eigenvalue weighted by Crippen LogP contribution is 2.18. The van der Waals surface area contributed by atoms with Crippen LogP contribution in [0.1, 0.15) is 5.56 Å². The summed E-state index contributed by atoms with van der Waals surface area (Å²) in [7, 11) is 0. The van der Waals surface area contributed by atoms with E-state index >= 15 is 0 Å². The van der Waals surface area contributed by atoms with Crippen LogP contribution >= 0.6 is 11.3 Å². The predicted octanol–water partition coefficient (Wildman–Crippen LogP) is 3.37. The maximum absolute atomic E-state index is 11.4. The SMILES string of the molecule is O=C(OCc1ccsc1)Oc1ccc([N+](=O)[O-])cc1. The first-order valence-corrected chi connectivity index (χ1v) is 6.19. The number of carbonyl (C=O) groups excluding carboxylic acids is 1. The van der Waals surface area contributed by atoms with Crippen LogP contribution in [0.15, 0.2) is 41.1 Å². The summed E-state index contributed by atoms with van der Waals surface area (Å²) in [6.45, 7) is 0.134. The molecule has 0 aliphatic carbocycles. The van der Waals surface area contributed by atoms with Crippen LogP contribution < -0.4 is 4.74 Å². The van der Waals surface area contributed by atoms with Gasteiger partial charge in [0.15, 0.2) is 0 Å². The topological polar surface area (TPSA) is 78.7 Å². The molecule has 0 unspecified atom stereocenters. The zero-order valence-corrected chi connectivity index (χ0v) is 10.5. The monoisotopic (exact) mass is 279 g/mol. The van der Waals surface area contributed by atoms with Crippen molar-refractivity contribution in [2.75, 3.05) is 0 Å². The number of hydrogen-bond donors (Lipinski definition) is 0. The van der Waals surface area contributed by atoms with E-state index in [4.69, 9.17) is 9.47 Å². The molecule has 0 radical (unpaired) electrons. The number of hydrogen-bond acceptors (Lipinski definition) is 6. The molecule has 0 saturated carbocycles. The summed E-state index contributed by atoms with van der Waals surface area (Å²) >= 11 is 1.50. The van der Waals surface area contributed by atoms with Crippen molar-refractivity contribution in [1.29, 1.82) is 0 Å². The highest BCUT2D eigenvalue weighted by Gasteiger charge is 2.09. The molecule has 2 rings (SSSR count). The normalized spacial score (nSPS) is 9.89. The number of thiophene rings is 1. The summed E-state index contributed by atoms with van der Waals surface area (Å²) in [6.07, 6.45) is -0.847. The van der Waals surface area contributed by atoms with E-state index in [-0.39, 0.29) is 18.0 Å². The molecule has 0 atom stereocenters. The molecule has 0 fully saturated rings. The van der Waals surface area contributed by atoms with Crippen LogP contribution in [0, 0.1) is 10.1 Å². The number of benzene rings is 1. The fourth-order valence-electron chi connectivity index (χ4n) is 1.28. The Labute approximate surface area is 112 Å². The average molecular weight is 279 g/mol. The largest absolute Gasteiger partial charge is 0.514 e. The van der Waals surface area contributed by atoms with Crippen LogP contribution in [0.3, 0.4) is 0 Å². The van der Waals surface area contributed by atoms with Gasteiger partial charge in [0.2, 0.25) is 0 Å². The first-order valence-electron chi connectivity index (χ1n) is 5.25. The molecule has 2 aromatic rings. The van der Waals surface area contributed by atoms with E-state index in [1.807, 2.05) is 16.8 Å². The number of nitrogens with zero attached hydrogens (tertiary/aromatic N) is 1. The average Bonchev–Trinajstić information content (AvgIpc) is 2.90. The van der Waals surface area contributed by atoms with Gasteiger partial charge in [-0.2, -0.15) is 11.3 Å². The van der Waals surface area contributed by atoms with E-state index in [1.54, 1.807) is 0 Å². The Bertz CT molecular complexity index is 564. The molecule has 0 bridgehead atoms. The third-order valence-electron chi connectivity index (χ3n) is 2.19. The number of rotatable bonds is 4. The van der Waals surface area contributed by atoms with E-state index in [0.717, 1.165) is 5.56 Å². The number of nitro benzene ring substituents is 1. The van der Waals surface area contributed by atoms with Gasteiger partial charge in [-0.25, -0.2) is 4.79 Å². The summed E-state index contributed by atoms with van der Waals surface area (Å²) in [5.74, 6) is 0.195. The van der Waals surface area contributed by atoms with Crippen LogP contribution in [0.2, 0.25) is 0 Å². The minimum Gasteiger partial charge on any atom is -0.429 e. The van der Waals surface area contributed by atoms with Gasteiger partial charge in [0.1, 0.15) is 12.4 Å². The van der Waals surface area contributed by atoms with Crippen molar-refractivity contribution in [3.63, 3.8) is 0 Å². The van der Waals surface area contributed by atoms with Crippen molar-refractivity contribution < 1.29 is 19.2 Å². The molecule has 0 aliphatic rings. The van der Waals surface area contributed by atoms with Crippen molar-refractivity contribution >= 4 is 23.2 Å². The smallest absolute Gasteiger partial charge is 0.429 e. The van der Waals surface area contributed by atoms with Crippen LogP contribution in [0.4, 0.5) is 10.5 Å². The molecule has 98 valence electrons. The molecule has 1 heterocycles. The van der Waals surface area contributed by atoms with Crippen LogP contribution in [-0.4, -0.2) is 11.1 Å². The molecule has 1 aromatic carbocycles. The lowest BCUT2D eigenvalue weighted by atomic mass is 10.3. The third kappa shape index (κ3) is 3.78. The lowest BCUT2D eigenvalue weighted by molar-refractivity contribution is -0.384. The predicted molar refractivity (Wildman–Crippen MR) is 68.2 cm³/mol. The molecule has 0 aliphatic heterocycles. The number of nitro groups is 1. The van der Waals surface area contributed by atoms with Gasteiger partial charge in [0, 0.05) is 17.7 Å². The Morgan fingerprint density at radius 3 is 2.58 bits per heavy atom. The Hall–Kier alpha value is -2.41. The molecule has 0 N–H and O–H groups in total. The molecule has 19 heavy (non-hydrogen) atoms. The van der Waals surface area contributed by atoms with Crippen LogP contribution in [0.25, 0.3) is 0 Å². The second kappa shape index (κ2) is 5.96. The van der Waals surface area contributed by atoms with Crippen LogP contribution in [-0.2, 0) is 11.3 Å². The summed E-state index contributed by atoms with van der Waals surface area (Å²) < 4.78 is 9.75. The molecule has 7 heteroatoms. The summed E-state index contributed by atoms with van der Waals surface area (Å²) in [5.41, 5.74) is 0.810. The maximum Gasteiger partial charge on any atom is 0.514 e. The lowest BCUT2D eigenvalue weighted by Gasteiger charge is -2.04. The van der Waals surface area contributed by atoms with E-state index in [9.17, 15) is 14.9 Å². The number of ether oxygens (including phenoxy) is 2. The second-order valence-electron chi connectivity index (χ2n) is 3.52. The fourth-order valence-corrected chi connectivity index (χ4v) is 1.93. The van der Waals surface area contributed by atoms with Gasteiger partial charge in [0.05, 0.1) is 4.92 Å². The molecule has 0 amide bonds. The first-order chi connectivity index (χ1) is 9.15. The lowest BCUT2D eigenvalue weighted by Crippen LogP contribution is -2.10. The molecule has 0 spiro atoms. The summed E-state index contributed by atoms with van der Waals surface area (Å²) in [4.78, 5) is 21.3.